The number of carboxylic acids is 1. The quantitative estimate of drug-likeness (QED) is 0.821. The Morgan fingerprint density at radius 3 is 3.00 bits per heavy atom. The first-order valence-electron chi connectivity index (χ1n) is 6.80. The molecule has 21 heavy (non-hydrogen) atoms. The lowest BCUT2D eigenvalue weighted by molar-refractivity contribution is -0.154. The molecule has 2 N–H and O–H groups in total. The standard InChI is InChI=1S/C14H16N2O5/c17-13(16-5-7-20-11(8-16)14(18)19)9-2-1-3-10-12(9)21-6-4-15-10/h1-3,11,15H,4-8H2,(H,18,19). The van der Waals surface area contributed by atoms with Gasteiger partial charge in [0.05, 0.1) is 24.4 Å². The van der Waals surface area contributed by atoms with Gasteiger partial charge in [0, 0.05) is 13.1 Å². The van der Waals surface area contributed by atoms with E-state index in [0.29, 0.717) is 31.0 Å². The van der Waals surface area contributed by atoms with Crippen molar-refractivity contribution in [3.8, 4) is 5.75 Å². The number of nitrogens with one attached hydrogen (secondary N) is 1. The summed E-state index contributed by atoms with van der Waals surface area (Å²) in [4.78, 5) is 25.1. The molecule has 0 saturated carbocycles. The number of rotatable bonds is 2. The number of carboxylic acid groups (broad SMARTS) is 1. The molecule has 1 aromatic carbocycles. The molecule has 7 nitrogen and oxygen atoms in total. The van der Waals surface area contributed by atoms with E-state index in [1.165, 1.54) is 4.90 Å². The first-order valence-corrected chi connectivity index (χ1v) is 6.80. The predicted octanol–water partition coefficient (Wildman–Crippen LogP) is 0.416. The lowest BCUT2D eigenvalue weighted by Crippen LogP contribution is -2.48. The molecule has 0 aromatic heterocycles. The molecule has 2 aliphatic rings. The Kier molecular flexibility index (Phi) is 3.66. The second-order valence-corrected chi connectivity index (χ2v) is 4.91. The molecular weight excluding hydrogens is 276 g/mol. The number of hydrogen-bond donors (Lipinski definition) is 2. The Bertz CT molecular complexity index is 574. The molecular formula is C14H16N2O5. The summed E-state index contributed by atoms with van der Waals surface area (Å²) < 4.78 is 10.7. The van der Waals surface area contributed by atoms with Crippen molar-refractivity contribution in [3.63, 3.8) is 0 Å². The summed E-state index contributed by atoms with van der Waals surface area (Å²) in [7, 11) is 0. The molecule has 1 aromatic rings. The van der Waals surface area contributed by atoms with E-state index >= 15 is 0 Å². The van der Waals surface area contributed by atoms with Crippen molar-refractivity contribution in [3.05, 3.63) is 23.8 Å². The van der Waals surface area contributed by atoms with Gasteiger partial charge in [-0.1, -0.05) is 6.07 Å². The molecule has 3 rings (SSSR count). The monoisotopic (exact) mass is 292 g/mol. The van der Waals surface area contributed by atoms with Gasteiger partial charge in [-0.05, 0) is 12.1 Å². The van der Waals surface area contributed by atoms with Crippen LogP contribution in [0, 0.1) is 0 Å². The largest absolute Gasteiger partial charge is 0.489 e. The number of aliphatic carboxylic acids is 1. The minimum absolute atomic E-state index is 0.0469. The zero-order valence-electron chi connectivity index (χ0n) is 11.4. The number of ether oxygens (including phenoxy) is 2. The van der Waals surface area contributed by atoms with Gasteiger partial charge in [-0.25, -0.2) is 4.79 Å². The second kappa shape index (κ2) is 5.61. The van der Waals surface area contributed by atoms with Crippen LogP contribution in [0.1, 0.15) is 10.4 Å². The van der Waals surface area contributed by atoms with E-state index in [2.05, 4.69) is 5.32 Å². The fourth-order valence-electron chi connectivity index (χ4n) is 2.49. The summed E-state index contributed by atoms with van der Waals surface area (Å²) >= 11 is 0. The summed E-state index contributed by atoms with van der Waals surface area (Å²) in [6, 6.07) is 5.33. The Hall–Kier alpha value is -2.28. The number of amides is 1. The Morgan fingerprint density at radius 2 is 2.19 bits per heavy atom. The number of nitrogens with zero attached hydrogens (tertiary/aromatic N) is 1. The third kappa shape index (κ3) is 2.64. The molecule has 2 heterocycles. The molecule has 7 heteroatoms. The summed E-state index contributed by atoms with van der Waals surface area (Å²) in [6.07, 6.45) is -0.971. The average Bonchev–Trinajstić information content (AvgIpc) is 2.53. The van der Waals surface area contributed by atoms with Crippen LogP contribution in [0.25, 0.3) is 0 Å². The minimum Gasteiger partial charge on any atom is -0.489 e. The molecule has 0 spiro atoms. The first-order chi connectivity index (χ1) is 10.2. The number of fused-ring (bicyclic) bond motifs is 1. The number of para-hydroxylation sites is 1. The second-order valence-electron chi connectivity index (χ2n) is 4.91. The van der Waals surface area contributed by atoms with Crippen LogP contribution in [-0.2, 0) is 9.53 Å². The third-order valence-corrected chi connectivity index (χ3v) is 3.54. The normalized spacial score (nSPS) is 21.0. The highest BCUT2D eigenvalue weighted by Gasteiger charge is 2.31. The molecule has 1 fully saturated rings. The van der Waals surface area contributed by atoms with Crippen LogP contribution < -0.4 is 10.1 Å². The maximum Gasteiger partial charge on any atom is 0.334 e. The summed E-state index contributed by atoms with van der Waals surface area (Å²) in [6.45, 7) is 1.84. The van der Waals surface area contributed by atoms with Crippen molar-refractivity contribution < 1.29 is 24.2 Å². The number of morpholine rings is 1. The van der Waals surface area contributed by atoms with Crippen molar-refractivity contribution in [2.24, 2.45) is 0 Å². The van der Waals surface area contributed by atoms with Crippen molar-refractivity contribution >= 4 is 17.6 Å². The molecule has 1 unspecified atom stereocenters. The molecule has 1 atom stereocenters. The van der Waals surface area contributed by atoms with E-state index in [0.717, 1.165) is 5.69 Å². The number of hydrogen-bond acceptors (Lipinski definition) is 5. The zero-order valence-corrected chi connectivity index (χ0v) is 11.4. The Morgan fingerprint density at radius 1 is 1.33 bits per heavy atom. The van der Waals surface area contributed by atoms with Gasteiger partial charge >= 0.3 is 5.97 Å². The van der Waals surface area contributed by atoms with Crippen molar-refractivity contribution in [2.45, 2.75) is 6.10 Å². The molecule has 1 amide bonds. The maximum absolute atomic E-state index is 12.6. The summed E-state index contributed by atoms with van der Waals surface area (Å²) in [5, 5.41) is 12.2. The molecule has 1 saturated heterocycles. The van der Waals surface area contributed by atoms with Gasteiger partial charge in [0.15, 0.2) is 11.9 Å². The van der Waals surface area contributed by atoms with E-state index in [9.17, 15) is 9.59 Å². The van der Waals surface area contributed by atoms with Gasteiger partial charge in [-0.3, -0.25) is 4.79 Å². The molecule has 2 aliphatic heterocycles. The smallest absolute Gasteiger partial charge is 0.334 e. The number of carbonyl (C=O) groups excluding carboxylic acids is 1. The topological polar surface area (TPSA) is 88.1 Å². The fourth-order valence-corrected chi connectivity index (χ4v) is 2.49. The van der Waals surface area contributed by atoms with Gasteiger partial charge in [0.2, 0.25) is 0 Å². The van der Waals surface area contributed by atoms with Crippen LogP contribution in [0.15, 0.2) is 18.2 Å². The van der Waals surface area contributed by atoms with Crippen LogP contribution in [0.3, 0.4) is 0 Å². The predicted molar refractivity (Wildman–Crippen MR) is 73.7 cm³/mol. The van der Waals surface area contributed by atoms with Crippen LogP contribution in [0.2, 0.25) is 0 Å². The third-order valence-electron chi connectivity index (χ3n) is 3.54. The lowest BCUT2D eigenvalue weighted by atomic mass is 10.1. The summed E-state index contributed by atoms with van der Waals surface area (Å²) in [5.41, 5.74) is 1.24. The van der Waals surface area contributed by atoms with E-state index in [1.54, 1.807) is 12.1 Å². The molecule has 0 aliphatic carbocycles. The van der Waals surface area contributed by atoms with Crippen LogP contribution in [-0.4, -0.2) is 60.8 Å². The van der Waals surface area contributed by atoms with Gasteiger partial charge in [0.25, 0.3) is 5.91 Å². The van der Waals surface area contributed by atoms with E-state index in [4.69, 9.17) is 14.6 Å². The van der Waals surface area contributed by atoms with Crippen molar-refractivity contribution in [1.29, 1.82) is 0 Å². The maximum atomic E-state index is 12.6. The zero-order chi connectivity index (χ0) is 14.8. The van der Waals surface area contributed by atoms with Gasteiger partial charge < -0.3 is 24.8 Å². The Balaban J connectivity index is 1.83. The number of anilines is 1. The van der Waals surface area contributed by atoms with Crippen molar-refractivity contribution in [1.82, 2.24) is 4.90 Å². The Labute approximate surface area is 121 Å². The van der Waals surface area contributed by atoms with Crippen LogP contribution in [0.4, 0.5) is 5.69 Å². The SMILES string of the molecule is O=C(O)C1CN(C(=O)c2cccc3c2OCCN3)CCO1. The minimum atomic E-state index is -1.06. The van der Waals surface area contributed by atoms with Gasteiger partial charge in [0.1, 0.15) is 6.61 Å². The lowest BCUT2D eigenvalue weighted by Gasteiger charge is -2.32. The van der Waals surface area contributed by atoms with Gasteiger partial charge in [-0.2, -0.15) is 0 Å². The highest BCUT2D eigenvalue weighted by atomic mass is 16.5. The highest BCUT2D eigenvalue weighted by molar-refractivity contribution is 5.99. The molecule has 0 radical (unpaired) electrons. The number of carbonyl (C=O) groups is 2. The van der Waals surface area contributed by atoms with E-state index in [1.807, 2.05) is 6.07 Å². The average molecular weight is 292 g/mol. The first kappa shape index (κ1) is 13.7. The van der Waals surface area contributed by atoms with E-state index in [-0.39, 0.29) is 19.1 Å². The summed E-state index contributed by atoms with van der Waals surface area (Å²) in [5.74, 6) is -0.752. The highest BCUT2D eigenvalue weighted by Crippen LogP contribution is 2.32. The van der Waals surface area contributed by atoms with Gasteiger partial charge in [-0.15, -0.1) is 0 Å². The number of benzene rings is 1. The van der Waals surface area contributed by atoms with Crippen LogP contribution >= 0.6 is 0 Å². The van der Waals surface area contributed by atoms with E-state index < -0.39 is 12.1 Å². The van der Waals surface area contributed by atoms with Crippen LogP contribution in [0.5, 0.6) is 5.75 Å². The molecule has 112 valence electrons. The molecule has 0 bridgehead atoms. The fraction of sp³-hybridized carbons (Fsp3) is 0.429. The van der Waals surface area contributed by atoms with Crippen molar-refractivity contribution in [2.75, 3.05) is 38.2 Å².